The SMILES string of the molecule is CC(C)(C)C(=O)NC(CO)CO. The van der Waals surface area contributed by atoms with Gasteiger partial charge in [0, 0.05) is 5.41 Å². The van der Waals surface area contributed by atoms with Crippen LogP contribution in [0.3, 0.4) is 0 Å². The zero-order chi connectivity index (χ0) is 9.78. The highest BCUT2D eigenvalue weighted by atomic mass is 16.3. The molecular weight excluding hydrogens is 158 g/mol. The van der Waals surface area contributed by atoms with E-state index < -0.39 is 11.5 Å². The van der Waals surface area contributed by atoms with E-state index in [1.807, 2.05) is 0 Å². The van der Waals surface area contributed by atoms with E-state index >= 15 is 0 Å². The third kappa shape index (κ3) is 3.69. The lowest BCUT2D eigenvalue weighted by Gasteiger charge is -2.21. The summed E-state index contributed by atoms with van der Waals surface area (Å²) in [5.74, 6) is -0.171. The number of amides is 1. The first kappa shape index (κ1) is 11.4. The van der Waals surface area contributed by atoms with E-state index in [9.17, 15) is 4.79 Å². The fourth-order valence-corrected chi connectivity index (χ4v) is 0.551. The van der Waals surface area contributed by atoms with Crippen molar-refractivity contribution in [3.8, 4) is 0 Å². The van der Waals surface area contributed by atoms with Crippen molar-refractivity contribution in [2.45, 2.75) is 26.8 Å². The van der Waals surface area contributed by atoms with Gasteiger partial charge in [-0.3, -0.25) is 4.79 Å². The second kappa shape index (κ2) is 4.42. The van der Waals surface area contributed by atoms with Crippen molar-refractivity contribution < 1.29 is 15.0 Å². The number of aliphatic hydroxyl groups excluding tert-OH is 2. The van der Waals surface area contributed by atoms with Crippen LogP contribution < -0.4 is 5.32 Å². The maximum atomic E-state index is 11.3. The number of nitrogens with one attached hydrogen (secondary N) is 1. The first-order valence-corrected chi connectivity index (χ1v) is 3.94. The van der Waals surface area contributed by atoms with Crippen LogP contribution in [0.25, 0.3) is 0 Å². The number of carbonyl (C=O) groups excluding carboxylic acids is 1. The molecule has 0 fully saturated rings. The molecule has 0 aromatic heterocycles. The largest absolute Gasteiger partial charge is 0.394 e. The predicted molar refractivity (Wildman–Crippen MR) is 45.6 cm³/mol. The zero-order valence-corrected chi connectivity index (χ0v) is 7.79. The first-order chi connectivity index (χ1) is 5.41. The molecule has 4 heteroatoms. The summed E-state index contributed by atoms with van der Waals surface area (Å²) >= 11 is 0. The third-order valence-electron chi connectivity index (χ3n) is 1.46. The number of hydrogen-bond acceptors (Lipinski definition) is 3. The minimum atomic E-state index is -0.545. The molecule has 0 aromatic carbocycles. The van der Waals surface area contributed by atoms with Crippen LogP contribution >= 0.6 is 0 Å². The van der Waals surface area contributed by atoms with Crippen molar-refractivity contribution in [3.63, 3.8) is 0 Å². The molecule has 0 aliphatic carbocycles. The Morgan fingerprint density at radius 2 is 1.75 bits per heavy atom. The highest BCUT2D eigenvalue weighted by Crippen LogP contribution is 2.12. The van der Waals surface area contributed by atoms with Gasteiger partial charge in [-0.25, -0.2) is 0 Å². The molecule has 12 heavy (non-hydrogen) atoms. The quantitative estimate of drug-likeness (QED) is 0.541. The third-order valence-corrected chi connectivity index (χ3v) is 1.46. The molecule has 0 radical (unpaired) electrons. The van der Waals surface area contributed by atoms with Crippen molar-refractivity contribution in [1.82, 2.24) is 5.32 Å². The van der Waals surface area contributed by atoms with Crippen LogP contribution in [-0.4, -0.2) is 35.4 Å². The summed E-state index contributed by atoms with van der Waals surface area (Å²) in [7, 11) is 0. The summed E-state index contributed by atoms with van der Waals surface area (Å²) in [6, 6.07) is -0.545. The van der Waals surface area contributed by atoms with Gasteiger partial charge in [0.2, 0.25) is 5.91 Å². The molecule has 0 aliphatic rings. The lowest BCUT2D eigenvalue weighted by molar-refractivity contribution is -0.129. The Kier molecular flexibility index (Phi) is 4.20. The standard InChI is InChI=1S/C8H17NO3/c1-8(2,3)7(12)9-6(4-10)5-11/h6,10-11H,4-5H2,1-3H3,(H,9,12). The van der Waals surface area contributed by atoms with E-state index in [0.717, 1.165) is 0 Å². The summed E-state index contributed by atoms with van der Waals surface area (Å²) in [6.45, 7) is 4.84. The van der Waals surface area contributed by atoms with Crippen LogP contribution in [0.5, 0.6) is 0 Å². The Morgan fingerprint density at radius 3 is 2.00 bits per heavy atom. The van der Waals surface area contributed by atoms with Gasteiger partial charge in [-0.15, -0.1) is 0 Å². The predicted octanol–water partition coefficient (Wildman–Crippen LogP) is -0.498. The second-order valence-electron chi connectivity index (χ2n) is 3.79. The Morgan fingerprint density at radius 1 is 1.33 bits per heavy atom. The van der Waals surface area contributed by atoms with Gasteiger partial charge in [-0.05, 0) is 0 Å². The van der Waals surface area contributed by atoms with Crippen molar-refractivity contribution in [2.24, 2.45) is 5.41 Å². The average Bonchev–Trinajstić information content (AvgIpc) is 1.97. The van der Waals surface area contributed by atoms with Crippen LogP contribution in [0.15, 0.2) is 0 Å². The van der Waals surface area contributed by atoms with Gasteiger partial charge >= 0.3 is 0 Å². The lowest BCUT2D eigenvalue weighted by Crippen LogP contribution is -2.45. The lowest BCUT2D eigenvalue weighted by atomic mass is 9.95. The minimum absolute atomic E-state index is 0.171. The van der Waals surface area contributed by atoms with E-state index in [0.29, 0.717) is 0 Å². The Labute approximate surface area is 72.6 Å². The summed E-state index contributed by atoms with van der Waals surface area (Å²) < 4.78 is 0. The molecule has 0 aliphatic heterocycles. The van der Waals surface area contributed by atoms with Crippen LogP contribution in [0.4, 0.5) is 0 Å². The molecule has 1 amide bonds. The summed E-state index contributed by atoms with van der Waals surface area (Å²) in [5.41, 5.74) is -0.484. The first-order valence-electron chi connectivity index (χ1n) is 3.94. The van der Waals surface area contributed by atoms with Crippen molar-refractivity contribution in [2.75, 3.05) is 13.2 Å². The normalized spacial score (nSPS) is 11.8. The Bertz CT molecular complexity index is 147. The van der Waals surface area contributed by atoms with Crippen LogP contribution in [-0.2, 0) is 4.79 Å². The molecule has 0 aromatic rings. The maximum absolute atomic E-state index is 11.3. The highest BCUT2D eigenvalue weighted by Gasteiger charge is 2.23. The molecule has 0 unspecified atom stereocenters. The molecule has 72 valence electrons. The number of rotatable bonds is 3. The van der Waals surface area contributed by atoms with Gasteiger partial charge < -0.3 is 15.5 Å². The van der Waals surface area contributed by atoms with Crippen LogP contribution in [0, 0.1) is 5.41 Å². The number of aliphatic hydroxyl groups is 2. The molecule has 3 N–H and O–H groups in total. The Balaban J connectivity index is 3.99. The topological polar surface area (TPSA) is 69.6 Å². The summed E-state index contributed by atoms with van der Waals surface area (Å²) in [5, 5.41) is 19.8. The second-order valence-corrected chi connectivity index (χ2v) is 3.79. The molecule has 0 spiro atoms. The molecule has 0 saturated heterocycles. The number of hydrogen-bond donors (Lipinski definition) is 3. The maximum Gasteiger partial charge on any atom is 0.225 e. The average molecular weight is 175 g/mol. The van der Waals surface area contributed by atoms with Gasteiger partial charge in [0.1, 0.15) is 0 Å². The van der Waals surface area contributed by atoms with Crippen molar-refractivity contribution in [1.29, 1.82) is 0 Å². The van der Waals surface area contributed by atoms with Crippen molar-refractivity contribution in [3.05, 3.63) is 0 Å². The number of carbonyl (C=O) groups is 1. The van der Waals surface area contributed by atoms with E-state index in [4.69, 9.17) is 10.2 Å². The monoisotopic (exact) mass is 175 g/mol. The minimum Gasteiger partial charge on any atom is -0.394 e. The molecular formula is C8H17NO3. The van der Waals surface area contributed by atoms with Crippen LogP contribution in [0.1, 0.15) is 20.8 Å². The van der Waals surface area contributed by atoms with Gasteiger partial charge in [0.05, 0.1) is 19.3 Å². The van der Waals surface area contributed by atoms with E-state index in [2.05, 4.69) is 5.32 Å². The molecule has 4 nitrogen and oxygen atoms in total. The van der Waals surface area contributed by atoms with Gasteiger partial charge in [0.15, 0.2) is 0 Å². The molecule has 0 atom stereocenters. The Hall–Kier alpha value is -0.610. The van der Waals surface area contributed by atoms with E-state index in [1.54, 1.807) is 20.8 Å². The molecule has 0 bridgehead atoms. The zero-order valence-electron chi connectivity index (χ0n) is 7.79. The van der Waals surface area contributed by atoms with Crippen LogP contribution in [0.2, 0.25) is 0 Å². The van der Waals surface area contributed by atoms with Gasteiger partial charge in [-0.2, -0.15) is 0 Å². The smallest absolute Gasteiger partial charge is 0.225 e. The van der Waals surface area contributed by atoms with Gasteiger partial charge in [-0.1, -0.05) is 20.8 Å². The summed E-state index contributed by atoms with van der Waals surface area (Å²) in [4.78, 5) is 11.3. The highest BCUT2D eigenvalue weighted by molar-refractivity contribution is 5.81. The fourth-order valence-electron chi connectivity index (χ4n) is 0.551. The summed E-state index contributed by atoms with van der Waals surface area (Å²) in [6.07, 6.45) is 0. The van der Waals surface area contributed by atoms with Crippen molar-refractivity contribution >= 4 is 5.91 Å². The molecule has 0 saturated carbocycles. The molecule has 0 heterocycles. The fraction of sp³-hybridized carbons (Fsp3) is 0.875. The van der Waals surface area contributed by atoms with E-state index in [1.165, 1.54) is 0 Å². The molecule has 0 rings (SSSR count). The van der Waals surface area contributed by atoms with E-state index in [-0.39, 0.29) is 19.1 Å². The van der Waals surface area contributed by atoms with Gasteiger partial charge in [0.25, 0.3) is 0 Å².